The lowest BCUT2D eigenvalue weighted by Crippen LogP contribution is -2.30. The molecule has 1 unspecified atom stereocenters. The molecule has 2 aromatic rings. The monoisotopic (exact) mass is 229 g/mol. The van der Waals surface area contributed by atoms with Gasteiger partial charge in [-0.1, -0.05) is 18.2 Å². The number of piperidine rings is 1. The molecule has 16 heavy (non-hydrogen) atoms. The van der Waals surface area contributed by atoms with E-state index in [0.717, 1.165) is 5.92 Å². The van der Waals surface area contributed by atoms with Crippen molar-refractivity contribution in [3.8, 4) is 0 Å². The Morgan fingerprint density at radius 3 is 3.00 bits per heavy atom. The summed E-state index contributed by atoms with van der Waals surface area (Å²) >= 11 is 1.97. The van der Waals surface area contributed by atoms with Crippen LogP contribution < -0.4 is 5.32 Å². The zero-order valence-electron chi connectivity index (χ0n) is 9.36. The van der Waals surface area contributed by atoms with E-state index in [1.807, 2.05) is 11.3 Å². The second-order valence-electron chi connectivity index (χ2n) is 5.30. The van der Waals surface area contributed by atoms with Crippen LogP contribution in [0.3, 0.4) is 0 Å². The zero-order valence-corrected chi connectivity index (χ0v) is 10.2. The van der Waals surface area contributed by atoms with Crippen molar-refractivity contribution in [3.63, 3.8) is 0 Å². The molecule has 1 saturated carbocycles. The van der Waals surface area contributed by atoms with Gasteiger partial charge in [-0.25, -0.2) is 0 Å². The Hall–Kier alpha value is -0.860. The van der Waals surface area contributed by atoms with Gasteiger partial charge in [-0.3, -0.25) is 0 Å². The smallest absolute Gasteiger partial charge is 0.0564 e. The van der Waals surface area contributed by atoms with Gasteiger partial charge in [0.05, 0.1) is 5.54 Å². The minimum absolute atomic E-state index is 0.364. The molecule has 1 aromatic carbocycles. The van der Waals surface area contributed by atoms with Gasteiger partial charge >= 0.3 is 0 Å². The van der Waals surface area contributed by atoms with Crippen molar-refractivity contribution < 1.29 is 0 Å². The van der Waals surface area contributed by atoms with E-state index in [4.69, 9.17) is 0 Å². The second kappa shape index (κ2) is 2.88. The van der Waals surface area contributed by atoms with Crippen molar-refractivity contribution in [1.82, 2.24) is 5.32 Å². The number of nitrogens with one attached hydrogen (secondary N) is 1. The normalized spacial score (nSPS) is 36.6. The Morgan fingerprint density at radius 1 is 1.38 bits per heavy atom. The summed E-state index contributed by atoms with van der Waals surface area (Å²) in [5, 5.41) is 5.20. The Balaban J connectivity index is 1.83. The summed E-state index contributed by atoms with van der Waals surface area (Å²) in [7, 11) is 0. The average molecular weight is 229 g/mol. The molecule has 82 valence electrons. The van der Waals surface area contributed by atoms with Gasteiger partial charge in [-0.2, -0.15) is 0 Å². The summed E-state index contributed by atoms with van der Waals surface area (Å²) in [6, 6.07) is 11.8. The van der Waals surface area contributed by atoms with E-state index < -0.39 is 0 Å². The van der Waals surface area contributed by atoms with Gasteiger partial charge in [-0.05, 0) is 43.2 Å². The molecule has 2 heterocycles. The number of benzene rings is 1. The van der Waals surface area contributed by atoms with Crippen molar-refractivity contribution in [1.29, 1.82) is 0 Å². The molecule has 1 N–H and O–H groups in total. The summed E-state index contributed by atoms with van der Waals surface area (Å²) in [4.78, 5) is 1.56. The van der Waals surface area contributed by atoms with Crippen molar-refractivity contribution >= 4 is 21.4 Å². The first-order chi connectivity index (χ1) is 7.78. The van der Waals surface area contributed by atoms with Gasteiger partial charge in [0.15, 0.2) is 0 Å². The molecule has 1 aliphatic heterocycles. The molecule has 3 atom stereocenters. The quantitative estimate of drug-likeness (QED) is 0.789. The molecule has 2 fully saturated rings. The maximum atomic E-state index is 3.79. The third-order valence-corrected chi connectivity index (χ3v) is 5.41. The summed E-state index contributed by atoms with van der Waals surface area (Å²) in [6.45, 7) is 2.31. The SMILES string of the molecule is CC1C[C@@H]2C[C@@]2(c2cc3ccccc3s2)N1. The van der Waals surface area contributed by atoms with Crippen LogP contribution in [0.2, 0.25) is 0 Å². The van der Waals surface area contributed by atoms with Crippen LogP contribution in [0, 0.1) is 5.92 Å². The maximum Gasteiger partial charge on any atom is 0.0564 e. The lowest BCUT2D eigenvalue weighted by atomic mass is 10.1. The number of rotatable bonds is 1. The molecule has 0 radical (unpaired) electrons. The third-order valence-electron chi connectivity index (χ3n) is 4.11. The van der Waals surface area contributed by atoms with Crippen LogP contribution in [0.4, 0.5) is 0 Å². The van der Waals surface area contributed by atoms with Gasteiger partial charge in [0, 0.05) is 15.6 Å². The Kier molecular flexibility index (Phi) is 1.65. The molecule has 0 spiro atoms. The Bertz CT molecular complexity index is 526. The van der Waals surface area contributed by atoms with E-state index in [1.54, 1.807) is 4.88 Å². The van der Waals surface area contributed by atoms with E-state index in [0.29, 0.717) is 11.6 Å². The minimum atomic E-state index is 0.364. The van der Waals surface area contributed by atoms with E-state index in [1.165, 1.54) is 22.9 Å². The van der Waals surface area contributed by atoms with E-state index in [2.05, 4.69) is 42.6 Å². The molecule has 1 saturated heterocycles. The molecule has 1 aromatic heterocycles. The fourth-order valence-corrected chi connectivity index (χ4v) is 4.60. The highest BCUT2D eigenvalue weighted by molar-refractivity contribution is 7.19. The maximum absolute atomic E-state index is 3.79. The molecule has 4 rings (SSSR count). The van der Waals surface area contributed by atoms with Crippen LogP contribution in [0.15, 0.2) is 30.3 Å². The predicted molar refractivity (Wildman–Crippen MR) is 68.8 cm³/mol. The fraction of sp³-hybridized carbons (Fsp3) is 0.429. The first-order valence-corrected chi connectivity index (χ1v) is 6.86. The Morgan fingerprint density at radius 2 is 2.25 bits per heavy atom. The third kappa shape index (κ3) is 1.09. The van der Waals surface area contributed by atoms with Crippen LogP contribution in [-0.4, -0.2) is 6.04 Å². The van der Waals surface area contributed by atoms with Crippen LogP contribution in [0.5, 0.6) is 0 Å². The minimum Gasteiger partial charge on any atom is -0.304 e. The molecule has 0 bridgehead atoms. The fourth-order valence-electron chi connectivity index (χ4n) is 3.29. The zero-order chi connectivity index (χ0) is 10.8. The lowest BCUT2D eigenvalue weighted by molar-refractivity contribution is 0.510. The highest BCUT2D eigenvalue weighted by Crippen LogP contribution is 2.60. The number of thiophene rings is 1. The van der Waals surface area contributed by atoms with Crippen molar-refractivity contribution in [2.24, 2.45) is 5.92 Å². The summed E-state index contributed by atoms with van der Waals surface area (Å²) in [5.41, 5.74) is 0.364. The Labute approximate surface area is 99.5 Å². The van der Waals surface area contributed by atoms with Crippen LogP contribution in [-0.2, 0) is 5.54 Å². The first-order valence-electron chi connectivity index (χ1n) is 6.05. The van der Waals surface area contributed by atoms with E-state index in [9.17, 15) is 0 Å². The highest BCUT2D eigenvalue weighted by atomic mass is 32.1. The number of hydrogen-bond donors (Lipinski definition) is 1. The van der Waals surface area contributed by atoms with Gasteiger partial charge in [0.25, 0.3) is 0 Å². The van der Waals surface area contributed by atoms with Gasteiger partial charge < -0.3 is 5.32 Å². The topological polar surface area (TPSA) is 12.0 Å². The van der Waals surface area contributed by atoms with Crippen molar-refractivity contribution in [2.75, 3.05) is 0 Å². The molecular weight excluding hydrogens is 214 g/mol. The van der Waals surface area contributed by atoms with Crippen molar-refractivity contribution in [2.45, 2.75) is 31.3 Å². The predicted octanol–water partition coefficient (Wildman–Crippen LogP) is 3.50. The van der Waals surface area contributed by atoms with E-state index in [-0.39, 0.29) is 0 Å². The lowest BCUT2D eigenvalue weighted by Gasteiger charge is -2.14. The van der Waals surface area contributed by atoms with Gasteiger partial charge in [0.2, 0.25) is 0 Å². The highest BCUT2D eigenvalue weighted by Gasteiger charge is 2.60. The molecular formula is C14H15NS. The largest absolute Gasteiger partial charge is 0.304 e. The summed E-state index contributed by atoms with van der Waals surface area (Å²) in [6.07, 6.45) is 2.71. The molecule has 1 aliphatic carbocycles. The van der Waals surface area contributed by atoms with Crippen molar-refractivity contribution in [3.05, 3.63) is 35.2 Å². The second-order valence-corrected chi connectivity index (χ2v) is 6.39. The molecule has 2 heteroatoms. The molecule has 0 amide bonds. The average Bonchev–Trinajstić information content (AvgIpc) is 2.71. The number of fused-ring (bicyclic) bond motifs is 2. The summed E-state index contributed by atoms with van der Waals surface area (Å²) < 4.78 is 1.43. The molecule has 2 aliphatic rings. The van der Waals surface area contributed by atoms with Crippen LogP contribution >= 0.6 is 11.3 Å². The van der Waals surface area contributed by atoms with E-state index >= 15 is 0 Å². The van der Waals surface area contributed by atoms with Gasteiger partial charge in [-0.15, -0.1) is 11.3 Å². The standard InChI is InChI=1S/C14H15NS/c1-9-6-11-8-14(11,15-9)13-7-10-4-2-3-5-12(10)16-13/h2-5,7,9,11,15H,6,8H2,1H3/t9?,11-,14-/m1/s1. The molecule has 1 nitrogen and oxygen atoms in total. The first kappa shape index (κ1) is 9.20. The van der Waals surface area contributed by atoms with Crippen LogP contribution in [0.25, 0.3) is 10.1 Å². The van der Waals surface area contributed by atoms with Gasteiger partial charge in [0.1, 0.15) is 0 Å². The number of hydrogen-bond acceptors (Lipinski definition) is 2. The summed E-state index contributed by atoms with van der Waals surface area (Å²) in [5.74, 6) is 0.899. The van der Waals surface area contributed by atoms with Crippen LogP contribution in [0.1, 0.15) is 24.6 Å².